The third-order valence-electron chi connectivity index (χ3n) is 11.5. The Hall–Kier alpha value is -6.96. The van der Waals surface area contributed by atoms with Crippen LogP contribution in [0.3, 0.4) is 0 Å². The molecular weight excluding hydrogens is 805 g/mol. The molecule has 0 saturated heterocycles. The number of amides is 2. The summed E-state index contributed by atoms with van der Waals surface area (Å²) in [4.78, 5) is 48.2. The number of aryl methyl sites for hydroxylation is 2. The standard InChI is InChI=1S/C25H28N2O5.C24H26N2O5/c1-27-15-18(12-16-8-9-17(24(28)31-3)13-23(16)30-2)21-14-19(10-11-22(21)27)26-25(29)32-20-6-4-5-7-20;1-26-14-17(11-15-7-8-16(23(27)28)12-22(15)30-2)20-13-18(9-10-21(20)26)25-24(29)31-19-5-3-4-6-19/h8-11,13-15,20H,4-7,12H2,1-3H3,(H,26,29);7-10,12-14,19H,3-6,11H2,1-2H3,(H,25,29)(H,27,28)/i2D3,3D3;2D3. The van der Waals surface area contributed by atoms with E-state index >= 15 is 0 Å². The average molecular weight is 868 g/mol. The molecule has 63 heavy (non-hydrogen) atoms. The quantitative estimate of drug-likeness (QED) is 0.0795. The van der Waals surface area contributed by atoms with Gasteiger partial charge in [0.2, 0.25) is 0 Å². The molecule has 2 heterocycles. The number of carbonyl (C=O) groups is 4. The van der Waals surface area contributed by atoms with Gasteiger partial charge in [0.05, 0.1) is 44.6 Å². The van der Waals surface area contributed by atoms with Crippen molar-refractivity contribution >= 4 is 57.3 Å². The third kappa shape index (κ3) is 10.6. The van der Waals surface area contributed by atoms with E-state index in [-0.39, 0.29) is 41.3 Å². The molecule has 2 aliphatic rings. The Bertz CT molecular complexity index is 2970. The maximum Gasteiger partial charge on any atom is 0.411 e. The van der Waals surface area contributed by atoms with Crippen LogP contribution >= 0.6 is 0 Å². The average Bonchev–Trinajstić information content (AvgIpc) is 4.10. The molecule has 0 radical (unpaired) electrons. The first kappa shape index (κ1) is 33.6. The van der Waals surface area contributed by atoms with Gasteiger partial charge in [-0.3, -0.25) is 10.6 Å². The normalized spacial score (nSPS) is 16.6. The van der Waals surface area contributed by atoms with Crippen LogP contribution in [0.4, 0.5) is 21.0 Å². The molecule has 2 saturated carbocycles. The number of benzene rings is 4. The smallest absolute Gasteiger partial charge is 0.411 e. The van der Waals surface area contributed by atoms with Crippen LogP contribution in [0.25, 0.3) is 21.8 Å². The molecule has 14 heteroatoms. The predicted octanol–water partition coefficient (Wildman–Crippen LogP) is 10.0. The Kier molecular flexibility index (Phi) is 10.6. The number of nitrogens with zero attached hydrogens (tertiary/aromatic N) is 2. The summed E-state index contributed by atoms with van der Waals surface area (Å²) in [5.41, 5.74) is 5.38. The van der Waals surface area contributed by atoms with Crippen molar-refractivity contribution in [2.24, 2.45) is 14.1 Å². The molecule has 2 fully saturated rings. The van der Waals surface area contributed by atoms with E-state index in [4.69, 9.17) is 31.3 Å². The first-order valence-electron chi connectivity index (χ1n) is 25.1. The molecule has 2 aromatic heterocycles. The number of carbonyl (C=O) groups excluding carboxylic acids is 3. The number of esters is 1. The summed E-state index contributed by atoms with van der Waals surface area (Å²) in [5, 5.41) is 16.5. The molecule has 3 N–H and O–H groups in total. The van der Waals surface area contributed by atoms with Gasteiger partial charge in [-0.2, -0.15) is 0 Å². The van der Waals surface area contributed by atoms with E-state index < -0.39 is 45.2 Å². The van der Waals surface area contributed by atoms with Crippen LogP contribution < -0.4 is 20.1 Å². The van der Waals surface area contributed by atoms with Gasteiger partial charge in [-0.05, 0) is 134 Å². The second kappa shape index (κ2) is 19.8. The number of aromatic carboxylic acids is 1. The van der Waals surface area contributed by atoms with Gasteiger partial charge in [0.15, 0.2) is 0 Å². The molecule has 0 unspecified atom stereocenters. The summed E-state index contributed by atoms with van der Waals surface area (Å²) in [6.45, 7) is 0. The Morgan fingerprint density at radius 3 is 1.52 bits per heavy atom. The number of hydrogen-bond acceptors (Lipinski definition) is 9. The molecule has 0 spiro atoms. The zero-order valence-corrected chi connectivity index (χ0v) is 34.8. The monoisotopic (exact) mass is 867 g/mol. The first-order valence-corrected chi connectivity index (χ1v) is 20.6. The van der Waals surface area contributed by atoms with Crippen molar-refractivity contribution in [2.75, 3.05) is 31.7 Å². The molecule has 14 nitrogen and oxygen atoms in total. The Balaban J connectivity index is 0.000000213. The van der Waals surface area contributed by atoms with E-state index in [1.165, 1.54) is 24.3 Å². The van der Waals surface area contributed by atoms with Crippen molar-refractivity contribution in [2.45, 2.75) is 76.4 Å². The summed E-state index contributed by atoms with van der Waals surface area (Å²) in [5.74, 6) is -2.41. The third-order valence-corrected chi connectivity index (χ3v) is 11.5. The van der Waals surface area contributed by atoms with Gasteiger partial charge in [0, 0.05) is 72.5 Å². The minimum atomic E-state index is -2.95. The number of nitrogens with one attached hydrogen (secondary N) is 2. The molecular formula is C49H54N4O10. The van der Waals surface area contributed by atoms with Crippen molar-refractivity contribution in [1.29, 1.82) is 0 Å². The zero-order chi connectivity index (χ0) is 52.1. The number of carboxylic acid groups (broad SMARTS) is 1. The number of methoxy groups -OCH3 is 3. The summed E-state index contributed by atoms with van der Waals surface area (Å²) >= 11 is 0. The fourth-order valence-corrected chi connectivity index (χ4v) is 8.31. The Labute approximate surface area is 378 Å². The van der Waals surface area contributed by atoms with Crippen LogP contribution in [0.5, 0.6) is 11.5 Å². The number of ether oxygens (including phenoxy) is 5. The molecule has 2 amide bonds. The molecule has 8 rings (SSSR count). The number of anilines is 2. The van der Waals surface area contributed by atoms with E-state index in [0.29, 0.717) is 28.9 Å². The van der Waals surface area contributed by atoms with Crippen molar-refractivity contribution in [1.82, 2.24) is 9.13 Å². The highest BCUT2D eigenvalue weighted by molar-refractivity contribution is 5.94. The van der Waals surface area contributed by atoms with E-state index in [9.17, 15) is 24.3 Å². The van der Waals surface area contributed by atoms with Gasteiger partial charge in [0.25, 0.3) is 0 Å². The predicted molar refractivity (Wildman–Crippen MR) is 240 cm³/mol. The van der Waals surface area contributed by atoms with Crippen LogP contribution in [0.1, 0.15) is 107 Å². The lowest BCUT2D eigenvalue weighted by atomic mass is 10.0. The largest absolute Gasteiger partial charge is 0.496 e. The van der Waals surface area contributed by atoms with Crippen LogP contribution in [0.15, 0.2) is 85.2 Å². The Morgan fingerprint density at radius 1 is 0.619 bits per heavy atom. The summed E-state index contributed by atoms with van der Waals surface area (Å²) in [7, 11) is -4.72. The van der Waals surface area contributed by atoms with Crippen LogP contribution in [-0.2, 0) is 41.1 Å². The maximum absolute atomic E-state index is 12.4. The van der Waals surface area contributed by atoms with Crippen LogP contribution in [0.2, 0.25) is 0 Å². The van der Waals surface area contributed by atoms with E-state index in [0.717, 1.165) is 90.4 Å². The SMILES string of the molecule is [2H]C([2H])([2H])OC(=O)c1ccc(Cc2cn(C)c3ccc(NC(=O)OC4CCCC4)cc23)c(OC([2H])([2H])[2H])c1.[2H]C([2H])([2H])Oc1cc(C(=O)O)ccc1Cc1cn(C)c2ccc(NC(=O)OC3CCCC3)cc12. The Morgan fingerprint density at radius 2 is 1.08 bits per heavy atom. The minimum Gasteiger partial charge on any atom is -0.496 e. The van der Waals surface area contributed by atoms with Gasteiger partial charge in [0.1, 0.15) is 23.7 Å². The fourth-order valence-electron chi connectivity index (χ4n) is 8.31. The highest BCUT2D eigenvalue weighted by atomic mass is 16.6. The second-order valence-corrected chi connectivity index (χ2v) is 15.8. The molecule has 6 aromatic rings. The number of fused-ring (bicyclic) bond motifs is 2. The van der Waals surface area contributed by atoms with Gasteiger partial charge < -0.3 is 37.9 Å². The molecule has 0 aliphatic heterocycles. The van der Waals surface area contributed by atoms with Gasteiger partial charge in [-0.1, -0.05) is 12.1 Å². The summed E-state index contributed by atoms with van der Waals surface area (Å²) < 4.78 is 95.8. The number of hydrogen-bond donors (Lipinski definition) is 3. The number of rotatable bonds is 12. The van der Waals surface area contributed by atoms with Crippen molar-refractivity contribution < 1.29 is 60.3 Å². The highest BCUT2D eigenvalue weighted by Gasteiger charge is 2.22. The number of aromatic nitrogens is 2. The van der Waals surface area contributed by atoms with E-state index in [1.54, 1.807) is 18.2 Å². The maximum atomic E-state index is 12.4. The van der Waals surface area contributed by atoms with Crippen molar-refractivity contribution in [3.05, 3.63) is 119 Å². The van der Waals surface area contributed by atoms with Gasteiger partial charge >= 0.3 is 24.1 Å². The van der Waals surface area contributed by atoms with Crippen LogP contribution in [0, 0.1) is 0 Å². The van der Waals surface area contributed by atoms with E-state index in [2.05, 4.69) is 15.4 Å². The topological polar surface area (TPSA) is 169 Å². The number of carboxylic acids is 1. The van der Waals surface area contributed by atoms with Crippen molar-refractivity contribution in [3.63, 3.8) is 0 Å². The van der Waals surface area contributed by atoms with Crippen LogP contribution in [-0.4, -0.2) is 71.7 Å². The fraction of sp³-hybridized carbons (Fsp3) is 0.347. The molecule has 4 aromatic carbocycles. The van der Waals surface area contributed by atoms with Crippen molar-refractivity contribution in [3.8, 4) is 11.5 Å². The lowest BCUT2D eigenvalue weighted by Gasteiger charge is -2.12. The molecule has 0 atom stereocenters. The minimum absolute atomic E-state index is 0.00803. The zero-order valence-electron chi connectivity index (χ0n) is 43.8. The van der Waals surface area contributed by atoms with E-state index in [1.807, 2.05) is 59.9 Å². The van der Waals surface area contributed by atoms with Gasteiger partial charge in [-0.15, -0.1) is 0 Å². The van der Waals surface area contributed by atoms with Gasteiger partial charge in [-0.25, -0.2) is 19.2 Å². The first-order chi connectivity index (χ1) is 33.9. The molecule has 330 valence electrons. The summed E-state index contributed by atoms with van der Waals surface area (Å²) in [6.07, 6.45) is 10.9. The highest BCUT2D eigenvalue weighted by Crippen LogP contribution is 2.32. The lowest BCUT2D eigenvalue weighted by molar-refractivity contribution is 0.0599. The summed E-state index contributed by atoms with van der Waals surface area (Å²) in [6, 6.07) is 19.2. The molecule has 2 aliphatic carbocycles. The second-order valence-electron chi connectivity index (χ2n) is 15.8. The lowest BCUT2D eigenvalue weighted by Crippen LogP contribution is -2.20. The molecule has 0 bridgehead atoms.